The molecule has 2 aromatic carbocycles. The summed E-state index contributed by atoms with van der Waals surface area (Å²) in [5.41, 5.74) is -0.670. The fourth-order valence-corrected chi connectivity index (χ4v) is 3.69. The normalized spacial score (nSPS) is 17.9. The van der Waals surface area contributed by atoms with E-state index in [1.165, 1.54) is 36.4 Å². The molecule has 32 heavy (non-hydrogen) atoms. The van der Waals surface area contributed by atoms with Crippen molar-refractivity contribution in [2.45, 2.75) is 38.6 Å². The first-order valence-electron chi connectivity index (χ1n) is 10.1. The van der Waals surface area contributed by atoms with Gasteiger partial charge in [0.25, 0.3) is 11.6 Å². The van der Waals surface area contributed by atoms with Gasteiger partial charge in [0.05, 0.1) is 4.92 Å². The lowest BCUT2D eigenvalue weighted by Gasteiger charge is -2.27. The van der Waals surface area contributed by atoms with E-state index in [1.807, 2.05) is 6.92 Å². The molecule has 1 fully saturated rings. The predicted molar refractivity (Wildman–Crippen MR) is 114 cm³/mol. The number of amides is 4. The van der Waals surface area contributed by atoms with Crippen molar-refractivity contribution in [2.75, 3.05) is 11.9 Å². The minimum atomic E-state index is -1.41. The molecule has 0 radical (unpaired) electrons. The fourth-order valence-electron chi connectivity index (χ4n) is 3.69. The van der Waals surface area contributed by atoms with E-state index >= 15 is 0 Å². The van der Waals surface area contributed by atoms with Crippen LogP contribution in [0.2, 0.25) is 0 Å². The first kappa shape index (κ1) is 22.9. The third-order valence-electron chi connectivity index (χ3n) is 5.34. The quantitative estimate of drug-likeness (QED) is 0.367. The van der Waals surface area contributed by atoms with Crippen molar-refractivity contribution in [3.05, 3.63) is 69.5 Å². The maximum atomic E-state index is 13.4. The van der Waals surface area contributed by atoms with E-state index in [-0.39, 0.29) is 17.8 Å². The number of hydrogen-bond acceptors (Lipinski definition) is 5. The lowest BCUT2D eigenvalue weighted by molar-refractivity contribution is -0.384. The second-order valence-electron chi connectivity index (χ2n) is 7.66. The zero-order valence-corrected chi connectivity index (χ0v) is 17.7. The number of rotatable bonds is 8. The Morgan fingerprint density at radius 1 is 1.22 bits per heavy atom. The van der Waals surface area contributed by atoms with Crippen molar-refractivity contribution < 1.29 is 23.7 Å². The highest BCUT2D eigenvalue weighted by Crippen LogP contribution is 2.34. The number of nitro groups is 1. The molecule has 0 bridgehead atoms. The summed E-state index contributed by atoms with van der Waals surface area (Å²) in [5, 5.41) is 16.3. The van der Waals surface area contributed by atoms with E-state index in [9.17, 15) is 28.9 Å². The number of nitrogens with one attached hydrogen (secondary N) is 2. The maximum Gasteiger partial charge on any atom is 0.325 e. The largest absolute Gasteiger partial charge is 0.325 e. The molecule has 1 saturated heterocycles. The smallest absolute Gasteiger partial charge is 0.319 e. The molecule has 10 heteroatoms. The van der Waals surface area contributed by atoms with E-state index in [2.05, 4.69) is 10.6 Å². The van der Waals surface area contributed by atoms with Crippen LogP contribution in [-0.4, -0.2) is 34.2 Å². The van der Waals surface area contributed by atoms with Gasteiger partial charge >= 0.3 is 6.03 Å². The summed E-state index contributed by atoms with van der Waals surface area (Å²) in [6.45, 7) is 2.99. The van der Waals surface area contributed by atoms with Gasteiger partial charge in [-0.2, -0.15) is 0 Å². The van der Waals surface area contributed by atoms with Crippen LogP contribution < -0.4 is 10.6 Å². The van der Waals surface area contributed by atoms with Crippen LogP contribution in [0.3, 0.4) is 0 Å². The zero-order valence-electron chi connectivity index (χ0n) is 17.7. The van der Waals surface area contributed by atoms with Gasteiger partial charge in [-0.1, -0.05) is 38.0 Å². The Kier molecular flexibility index (Phi) is 6.52. The molecule has 2 N–H and O–H groups in total. The summed E-state index contributed by atoms with van der Waals surface area (Å²) in [6, 6.07) is 8.81. The molecule has 0 spiro atoms. The first-order chi connectivity index (χ1) is 15.2. The van der Waals surface area contributed by atoms with Crippen LogP contribution in [0.1, 0.15) is 37.3 Å². The molecule has 1 atom stereocenters. The van der Waals surface area contributed by atoms with Gasteiger partial charge in [-0.05, 0) is 42.7 Å². The maximum absolute atomic E-state index is 13.4. The average Bonchev–Trinajstić information content (AvgIpc) is 2.99. The van der Waals surface area contributed by atoms with E-state index in [0.29, 0.717) is 17.5 Å². The number of imide groups is 1. The Balaban J connectivity index is 1.84. The highest BCUT2D eigenvalue weighted by Gasteiger charge is 2.52. The van der Waals surface area contributed by atoms with Gasteiger partial charge in [-0.25, -0.2) is 9.18 Å². The molecule has 0 saturated carbocycles. The van der Waals surface area contributed by atoms with E-state index in [4.69, 9.17) is 0 Å². The number of nitro benzene ring substituents is 1. The summed E-state index contributed by atoms with van der Waals surface area (Å²) in [4.78, 5) is 49.9. The van der Waals surface area contributed by atoms with Gasteiger partial charge in [0.15, 0.2) is 0 Å². The molecule has 1 aliphatic heterocycles. The average molecular weight is 442 g/mol. The second kappa shape index (κ2) is 9.13. The Morgan fingerprint density at radius 3 is 2.53 bits per heavy atom. The number of hydrogen-bond donors (Lipinski definition) is 2. The Bertz CT molecular complexity index is 1070. The molecule has 2 aromatic rings. The van der Waals surface area contributed by atoms with E-state index < -0.39 is 40.7 Å². The van der Waals surface area contributed by atoms with Crippen LogP contribution in [0.15, 0.2) is 42.5 Å². The molecule has 1 aliphatic rings. The van der Waals surface area contributed by atoms with Crippen LogP contribution in [0.4, 0.5) is 20.6 Å². The van der Waals surface area contributed by atoms with Crippen LogP contribution in [0.5, 0.6) is 0 Å². The third-order valence-corrected chi connectivity index (χ3v) is 5.34. The number of aryl methyl sites for hydroxylation is 1. The molecule has 0 aliphatic carbocycles. The van der Waals surface area contributed by atoms with Gasteiger partial charge in [-0.15, -0.1) is 0 Å². The number of nitrogens with zero attached hydrogens (tertiary/aromatic N) is 2. The van der Waals surface area contributed by atoms with Crippen molar-refractivity contribution in [1.29, 1.82) is 0 Å². The number of benzene rings is 2. The summed E-state index contributed by atoms with van der Waals surface area (Å²) in [6.07, 6.45) is 1.64. The number of carbonyl (C=O) groups is 3. The Morgan fingerprint density at radius 2 is 1.91 bits per heavy atom. The molecular weight excluding hydrogens is 419 g/mol. The molecule has 3 rings (SSSR count). The SMILES string of the molecule is CCCCC1(c2ccc(F)cc2)NC(=O)N(CC(=O)Nc2ccc(C)cc2[N+](=O)[O-])C1=O. The van der Waals surface area contributed by atoms with Gasteiger partial charge in [-0.3, -0.25) is 24.6 Å². The highest BCUT2D eigenvalue weighted by atomic mass is 19.1. The van der Waals surface area contributed by atoms with Gasteiger partial charge in [0, 0.05) is 6.07 Å². The first-order valence-corrected chi connectivity index (χ1v) is 10.1. The van der Waals surface area contributed by atoms with Crippen molar-refractivity contribution >= 4 is 29.2 Å². The second-order valence-corrected chi connectivity index (χ2v) is 7.66. The Hall–Kier alpha value is -3.82. The number of carbonyl (C=O) groups excluding carboxylic acids is 3. The molecule has 4 amide bonds. The van der Waals surface area contributed by atoms with Gasteiger partial charge in [0.1, 0.15) is 23.6 Å². The van der Waals surface area contributed by atoms with Crippen LogP contribution in [0, 0.1) is 22.9 Å². The molecule has 168 valence electrons. The fraction of sp³-hybridized carbons (Fsp3) is 0.318. The molecular formula is C22H23FN4O5. The van der Waals surface area contributed by atoms with Crippen LogP contribution in [-0.2, 0) is 15.1 Å². The standard InChI is InChI=1S/C22H23FN4O5/c1-3-4-11-22(15-6-8-16(23)9-7-15)20(29)26(21(30)25-22)13-19(28)24-17-10-5-14(2)12-18(17)27(31)32/h5-10,12H,3-4,11,13H2,1-2H3,(H,24,28)(H,25,30). The highest BCUT2D eigenvalue weighted by molar-refractivity contribution is 6.10. The van der Waals surface area contributed by atoms with Gasteiger partial charge in [0.2, 0.25) is 5.91 Å². The Labute approximate surface area is 183 Å². The minimum Gasteiger partial charge on any atom is -0.319 e. The third kappa shape index (κ3) is 4.43. The van der Waals surface area contributed by atoms with Gasteiger partial charge < -0.3 is 10.6 Å². The summed E-state index contributed by atoms with van der Waals surface area (Å²) >= 11 is 0. The molecule has 1 heterocycles. The predicted octanol–water partition coefficient (Wildman–Crippen LogP) is 3.62. The summed E-state index contributed by atoms with van der Waals surface area (Å²) in [5.74, 6) is -1.87. The number of unbranched alkanes of at least 4 members (excludes halogenated alkanes) is 1. The van der Waals surface area contributed by atoms with E-state index in [1.54, 1.807) is 13.0 Å². The number of urea groups is 1. The summed E-state index contributed by atoms with van der Waals surface area (Å²) < 4.78 is 13.4. The minimum absolute atomic E-state index is 0.0339. The molecule has 1 unspecified atom stereocenters. The molecule has 0 aromatic heterocycles. The van der Waals surface area contributed by atoms with Crippen molar-refractivity contribution in [2.24, 2.45) is 0 Å². The topological polar surface area (TPSA) is 122 Å². The van der Waals surface area contributed by atoms with Crippen molar-refractivity contribution in [3.63, 3.8) is 0 Å². The number of anilines is 1. The lowest BCUT2D eigenvalue weighted by Crippen LogP contribution is -2.44. The van der Waals surface area contributed by atoms with Crippen molar-refractivity contribution in [3.8, 4) is 0 Å². The van der Waals surface area contributed by atoms with Crippen LogP contribution in [0.25, 0.3) is 0 Å². The summed E-state index contributed by atoms with van der Waals surface area (Å²) in [7, 11) is 0. The van der Waals surface area contributed by atoms with Crippen molar-refractivity contribution in [1.82, 2.24) is 10.2 Å². The lowest BCUT2D eigenvalue weighted by atomic mass is 9.85. The van der Waals surface area contributed by atoms with E-state index in [0.717, 1.165) is 11.3 Å². The van der Waals surface area contributed by atoms with Crippen LogP contribution >= 0.6 is 0 Å². The monoisotopic (exact) mass is 442 g/mol. The molecule has 9 nitrogen and oxygen atoms in total. The number of halogens is 1. The zero-order chi connectivity index (χ0) is 23.5.